The van der Waals surface area contributed by atoms with Crippen LogP contribution in [0, 0.1) is 17.2 Å². The van der Waals surface area contributed by atoms with Crippen molar-refractivity contribution >= 4 is 22.6 Å². The van der Waals surface area contributed by atoms with Gasteiger partial charge in [0.25, 0.3) is 0 Å². The molecule has 0 spiro atoms. The summed E-state index contributed by atoms with van der Waals surface area (Å²) in [7, 11) is 0. The van der Waals surface area contributed by atoms with E-state index in [1.165, 1.54) is 25.7 Å². The molecule has 3 nitrogen and oxygen atoms in total. The van der Waals surface area contributed by atoms with Crippen molar-refractivity contribution in [2.24, 2.45) is 5.92 Å². The van der Waals surface area contributed by atoms with Crippen molar-refractivity contribution in [1.82, 2.24) is 9.55 Å². The third kappa shape index (κ3) is 2.53. The van der Waals surface area contributed by atoms with Crippen LogP contribution in [0.15, 0.2) is 18.2 Å². The van der Waals surface area contributed by atoms with Crippen LogP contribution in [0.25, 0.3) is 11.0 Å². The maximum Gasteiger partial charge on any atom is 0.128 e. The average molecular weight is 302 g/mol. The van der Waals surface area contributed by atoms with Gasteiger partial charge in [-0.2, -0.15) is 5.26 Å². The maximum atomic E-state index is 9.29. The van der Waals surface area contributed by atoms with Crippen LogP contribution in [-0.2, 0) is 0 Å². The van der Waals surface area contributed by atoms with E-state index in [2.05, 4.69) is 23.6 Å². The first kappa shape index (κ1) is 14.4. The van der Waals surface area contributed by atoms with Gasteiger partial charge in [-0.05, 0) is 37.8 Å². The number of halogens is 1. The monoisotopic (exact) mass is 301 g/mol. The molecule has 21 heavy (non-hydrogen) atoms. The molecule has 0 N–H and O–H groups in total. The largest absolute Gasteiger partial charge is 0.324 e. The quantitative estimate of drug-likeness (QED) is 0.736. The van der Waals surface area contributed by atoms with Crippen LogP contribution in [0.3, 0.4) is 0 Å². The van der Waals surface area contributed by atoms with E-state index < -0.39 is 0 Å². The third-order valence-electron chi connectivity index (χ3n) is 4.50. The molecule has 2 aromatic rings. The fourth-order valence-corrected chi connectivity index (χ4v) is 3.68. The third-order valence-corrected chi connectivity index (χ3v) is 4.69. The summed E-state index contributed by atoms with van der Waals surface area (Å²) in [5.74, 6) is 1.63. The van der Waals surface area contributed by atoms with Crippen molar-refractivity contribution in [3.05, 3.63) is 29.6 Å². The highest BCUT2D eigenvalue weighted by molar-refractivity contribution is 6.20. The summed E-state index contributed by atoms with van der Waals surface area (Å²) < 4.78 is 2.30. The lowest BCUT2D eigenvalue weighted by molar-refractivity contribution is 0.282. The van der Waals surface area contributed by atoms with Gasteiger partial charge >= 0.3 is 0 Å². The van der Waals surface area contributed by atoms with Crippen molar-refractivity contribution in [2.45, 2.75) is 50.9 Å². The van der Waals surface area contributed by atoms with Gasteiger partial charge < -0.3 is 4.57 Å². The van der Waals surface area contributed by atoms with E-state index in [-0.39, 0.29) is 5.38 Å². The number of fused-ring (bicyclic) bond motifs is 1. The highest BCUT2D eigenvalue weighted by atomic mass is 35.5. The lowest BCUT2D eigenvalue weighted by Gasteiger charge is -2.30. The van der Waals surface area contributed by atoms with Gasteiger partial charge in [0.1, 0.15) is 17.4 Å². The highest BCUT2D eigenvalue weighted by Crippen LogP contribution is 2.38. The first-order valence-electron chi connectivity index (χ1n) is 7.66. The van der Waals surface area contributed by atoms with E-state index in [1.807, 2.05) is 19.1 Å². The zero-order chi connectivity index (χ0) is 15.0. The number of imidazole rings is 1. The molecule has 0 bridgehead atoms. The minimum atomic E-state index is -0.152. The molecule has 1 saturated carbocycles. The first-order valence-corrected chi connectivity index (χ1v) is 8.10. The van der Waals surface area contributed by atoms with E-state index in [0.717, 1.165) is 22.8 Å². The molecular weight excluding hydrogens is 282 g/mol. The Morgan fingerprint density at radius 3 is 2.90 bits per heavy atom. The van der Waals surface area contributed by atoms with Gasteiger partial charge in [-0.3, -0.25) is 0 Å². The predicted octanol–water partition coefficient (Wildman–Crippen LogP) is 4.96. The van der Waals surface area contributed by atoms with Gasteiger partial charge in [0.15, 0.2) is 0 Å². The van der Waals surface area contributed by atoms with Crippen LogP contribution in [0.4, 0.5) is 0 Å². The van der Waals surface area contributed by atoms with Gasteiger partial charge in [0, 0.05) is 6.04 Å². The van der Waals surface area contributed by atoms with E-state index in [9.17, 15) is 5.26 Å². The van der Waals surface area contributed by atoms with Crippen molar-refractivity contribution in [2.75, 3.05) is 0 Å². The van der Waals surface area contributed by atoms with Gasteiger partial charge in [-0.15, -0.1) is 11.6 Å². The maximum absolute atomic E-state index is 9.29. The van der Waals surface area contributed by atoms with Crippen LogP contribution < -0.4 is 0 Å². The molecule has 0 saturated heterocycles. The molecule has 0 amide bonds. The number of hydrogen-bond acceptors (Lipinski definition) is 2. The molecule has 1 aromatic carbocycles. The SMILES string of the molecule is CC1CCCC(n2c(C(C)Cl)nc3c(C#N)cccc32)C1. The molecule has 1 aliphatic rings. The Kier molecular flexibility index (Phi) is 3.91. The van der Waals surface area contributed by atoms with Crippen LogP contribution in [0.5, 0.6) is 0 Å². The van der Waals surface area contributed by atoms with Crippen molar-refractivity contribution < 1.29 is 0 Å². The van der Waals surface area contributed by atoms with Crippen molar-refractivity contribution in [3.8, 4) is 6.07 Å². The number of nitrogens with zero attached hydrogens (tertiary/aromatic N) is 3. The number of nitriles is 1. The standard InChI is InChI=1S/C17H20ClN3/c1-11-5-3-7-14(9-11)21-15-8-4-6-13(10-19)16(15)20-17(21)12(2)18/h4,6,8,11-12,14H,3,5,7,9H2,1-2H3. The second-order valence-corrected chi connectivity index (χ2v) is 6.82. The van der Waals surface area contributed by atoms with E-state index in [1.54, 1.807) is 0 Å². The van der Waals surface area contributed by atoms with Crippen molar-refractivity contribution in [3.63, 3.8) is 0 Å². The number of aromatic nitrogens is 2. The smallest absolute Gasteiger partial charge is 0.128 e. The van der Waals surface area contributed by atoms with Gasteiger partial charge in [0.2, 0.25) is 0 Å². The van der Waals surface area contributed by atoms with Crippen LogP contribution in [0.1, 0.15) is 62.3 Å². The molecule has 3 unspecified atom stereocenters. The number of hydrogen-bond donors (Lipinski definition) is 0. The van der Waals surface area contributed by atoms with E-state index >= 15 is 0 Å². The molecule has 1 fully saturated rings. The molecule has 0 aliphatic heterocycles. The molecule has 1 heterocycles. The molecule has 1 aliphatic carbocycles. The average Bonchev–Trinajstić information content (AvgIpc) is 2.86. The number of para-hydroxylation sites is 1. The fourth-order valence-electron chi connectivity index (χ4n) is 3.53. The molecule has 3 atom stereocenters. The molecule has 4 heteroatoms. The summed E-state index contributed by atoms with van der Waals surface area (Å²) in [4.78, 5) is 4.69. The van der Waals surface area contributed by atoms with E-state index in [4.69, 9.17) is 16.6 Å². The molecule has 1 aromatic heterocycles. The van der Waals surface area contributed by atoms with Crippen LogP contribution in [-0.4, -0.2) is 9.55 Å². The lowest BCUT2D eigenvalue weighted by atomic mass is 9.86. The van der Waals surface area contributed by atoms with E-state index in [0.29, 0.717) is 11.6 Å². The van der Waals surface area contributed by atoms with Gasteiger partial charge in [0.05, 0.1) is 16.5 Å². The molecule has 110 valence electrons. The zero-order valence-corrected chi connectivity index (χ0v) is 13.3. The second-order valence-electron chi connectivity index (χ2n) is 6.17. The summed E-state index contributed by atoms with van der Waals surface area (Å²) in [5.41, 5.74) is 2.48. The van der Waals surface area contributed by atoms with Crippen molar-refractivity contribution in [1.29, 1.82) is 5.26 Å². The summed E-state index contributed by atoms with van der Waals surface area (Å²) in [6.45, 7) is 4.27. The van der Waals surface area contributed by atoms with Gasteiger partial charge in [-0.25, -0.2) is 4.98 Å². The zero-order valence-electron chi connectivity index (χ0n) is 12.5. The summed E-state index contributed by atoms with van der Waals surface area (Å²) in [6, 6.07) is 8.51. The Morgan fingerprint density at radius 1 is 1.43 bits per heavy atom. The first-order chi connectivity index (χ1) is 10.1. The highest BCUT2D eigenvalue weighted by Gasteiger charge is 2.26. The normalized spacial score (nSPS) is 23.9. The fraction of sp³-hybridized carbons (Fsp3) is 0.529. The van der Waals surface area contributed by atoms with Gasteiger partial charge in [-0.1, -0.05) is 25.8 Å². The minimum absolute atomic E-state index is 0.152. The molecule has 3 rings (SSSR count). The Bertz CT molecular complexity index is 696. The Morgan fingerprint density at radius 2 is 2.24 bits per heavy atom. The molecular formula is C17H20ClN3. The number of benzene rings is 1. The summed E-state index contributed by atoms with van der Waals surface area (Å²) in [6.07, 6.45) is 4.89. The van der Waals surface area contributed by atoms with Crippen LogP contribution in [0.2, 0.25) is 0 Å². The second kappa shape index (κ2) is 5.69. The number of rotatable bonds is 2. The number of alkyl halides is 1. The minimum Gasteiger partial charge on any atom is -0.324 e. The predicted molar refractivity (Wildman–Crippen MR) is 85.4 cm³/mol. The lowest BCUT2D eigenvalue weighted by Crippen LogP contribution is -2.19. The molecule has 0 radical (unpaired) electrons. The summed E-state index contributed by atoms with van der Waals surface area (Å²) >= 11 is 6.36. The topological polar surface area (TPSA) is 41.6 Å². The Labute approximate surface area is 130 Å². The summed E-state index contributed by atoms with van der Waals surface area (Å²) in [5, 5.41) is 9.14. The Balaban J connectivity index is 2.19. The van der Waals surface area contributed by atoms with Crippen LogP contribution >= 0.6 is 11.6 Å². The Hall–Kier alpha value is -1.53.